The fourth-order valence-corrected chi connectivity index (χ4v) is 6.73. The Morgan fingerprint density at radius 1 is 0.358 bits per heavy atom. The van der Waals surface area contributed by atoms with E-state index < -0.39 is 6.10 Å². The molecule has 0 spiro atoms. The van der Waals surface area contributed by atoms with Crippen molar-refractivity contribution in [3.05, 3.63) is 12.2 Å². The standard InChI is InChI=1S/C47H88O6/c1-4-7-10-13-16-19-21-23-24-26-28-31-34-37-40-46(49)52-43-44(42-51-45(48)39-36-33-30-27-18-15-12-9-6-3)53-47(50)41-38-35-32-29-25-22-20-17-14-11-8-5-2/h24,26,44H,4-23,25,27-43H2,1-3H3/b26-24-. The second-order valence-corrected chi connectivity index (χ2v) is 15.7. The van der Waals surface area contributed by atoms with E-state index in [1.54, 1.807) is 0 Å². The third-order valence-electron chi connectivity index (χ3n) is 10.3. The lowest BCUT2D eigenvalue weighted by Gasteiger charge is -2.18. The lowest BCUT2D eigenvalue weighted by Crippen LogP contribution is -2.30. The van der Waals surface area contributed by atoms with Gasteiger partial charge in [-0.3, -0.25) is 14.4 Å². The molecule has 0 N–H and O–H groups in total. The molecule has 0 saturated heterocycles. The molecule has 0 amide bonds. The number of hydrogen-bond donors (Lipinski definition) is 0. The predicted molar refractivity (Wildman–Crippen MR) is 224 cm³/mol. The largest absolute Gasteiger partial charge is 0.462 e. The maximum Gasteiger partial charge on any atom is 0.306 e. The first kappa shape index (κ1) is 51.1. The summed E-state index contributed by atoms with van der Waals surface area (Å²) >= 11 is 0. The summed E-state index contributed by atoms with van der Waals surface area (Å²) in [5.74, 6) is -0.881. The van der Waals surface area contributed by atoms with E-state index in [1.165, 1.54) is 148 Å². The topological polar surface area (TPSA) is 78.9 Å². The average molecular weight is 749 g/mol. The van der Waals surface area contributed by atoms with Crippen molar-refractivity contribution in [2.75, 3.05) is 13.2 Å². The van der Waals surface area contributed by atoms with Gasteiger partial charge in [-0.15, -0.1) is 0 Å². The maximum absolute atomic E-state index is 12.7. The molecule has 0 aromatic heterocycles. The zero-order valence-electron chi connectivity index (χ0n) is 35.6. The molecule has 0 radical (unpaired) electrons. The van der Waals surface area contributed by atoms with E-state index in [0.29, 0.717) is 19.3 Å². The minimum Gasteiger partial charge on any atom is -0.462 e. The number of hydrogen-bond acceptors (Lipinski definition) is 6. The van der Waals surface area contributed by atoms with Gasteiger partial charge in [0.1, 0.15) is 13.2 Å². The highest BCUT2D eigenvalue weighted by atomic mass is 16.6. The highest BCUT2D eigenvalue weighted by molar-refractivity contribution is 5.71. The number of esters is 3. The van der Waals surface area contributed by atoms with Crippen LogP contribution >= 0.6 is 0 Å². The molecule has 0 fully saturated rings. The molecule has 0 saturated carbocycles. The van der Waals surface area contributed by atoms with Crippen LogP contribution in [0.4, 0.5) is 0 Å². The van der Waals surface area contributed by atoms with Gasteiger partial charge in [0.2, 0.25) is 0 Å². The van der Waals surface area contributed by atoms with Crippen LogP contribution in [0.25, 0.3) is 0 Å². The zero-order valence-corrected chi connectivity index (χ0v) is 35.6. The molecule has 6 nitrogen and oxygen atoms in total. The third-order valence-corrected chi connectivity index (χ3v) is 10.3. The van der Waals surface area contributed by atoms with Gasteiger partial charge in [-0.1, -0.05) is 200 Å². The van der Waals surface area contributed by atoms with Gasteiger partial charge in [0.15, 0.2) is 6.10 Å². The first-order valence-corrected chi connectivity index (χ1v) is 23.2. The van der Waals surface area contributed by atoms with Gasteiger partial charge in [0.05, 0.1) is 0 Å². The number of carbonyl (C=O) groups excluding carboxylic acids is 3. The number of rotatable bonds is 42. The summed E-state index contributed by atoms with van der Waals surface area (Å²) in [6, 6.07) is 0. The van der Waals surface area contributed by atoms with Crippen LogP contribution < -0.4 is 0 Å². The number of unbranched alkanes of at least 4 members (excludes halogenated alkanes) is 29. The van der Waals surface area contributed by atoms with Crippen LogP contribution in [0, 0.1) is 0 Å². The van der Waals surface area contributed by atoms with Crippen LogP contribution in [0.5, 0.6) is 0 Å². The van der Waals surface area contributed by atoms with Crippen molar-refractivity contribution in [1.29, 1.82) is 0 Å². The molecule has 0 aromatic carbocycles. The zero-order chi connectivity index (χ0) is 38.7. The van der Waals surface area contributed by atoms with Crippen molar-refractivity contribution >= 4 is 17.9 Å². The van der Waals surface area contributed by atoms with Crippen molar-refractivity contribution in [3.8, 4) is 0 Å². The lowest BCUT2D eigenvalue weighted by atomic mass is 10.0. The van der Waals surface area contributed by atoms with Crippen LogP contribution in [0.2, 0.25) is 0 Å². The summed E-state index contributed by atoms with van der Waals surface area (Å²) < 4.78 is 16.7. The van der Waals surface area contributed by atoms with E-state index in [2.05, 4.69) is 32.9 Å². The Morgan fingerprint density at radius 3 is 0.962 bits per heavy atom. The summed E-state index contributed by atoms with van der Waals surface area (Å²) in [5, 5.41) is 0. The van der Waals surface area contributed by atoms with Crippen molar-refractivity contribution in [1.82, 2.24) is 0 Å². The van der Waals surface area contributed by atoms with Gasteiger partial charge in [0, 0.05) is 19.3 Å². The Balaban J connectivity index is 4.34. The van der Waals surface area contributed by atoms with Crippen LogP contribution in [0.1, 0.15) is 252 Å². The van der Waals surface area contributed by atoms with E-state index in [0.717, 1.165) is 64.2 Å². The van der Waals surface area contributed by atoms with Gasteiger partial charge < -0.3 is 14.2 Å². The summed E-state index contributed by atoms with van der Waals surface area (Å²) in [7, 11) is 0. The quantitative estimate of drug-likeness (QED) is 0.0268. The molecule has 53 heavy (non-hydrogen) atoms. The Labute approximate surface area is 329 Å². The summed E-state index contributed by atoms with van der Waals surface area (Å²) in [6.07, 6.45) is 44.8. The molecule has 0 aliphatic rings. The molecule has 312 valence electrons. The Hall–Kier alpha value is -1.85. The van der Waals surface area contributed by atoms with Crippen molar-refractivity contribution in [3.63, 3.8) is 0 Å². The van der Waals surface area contributed by atoms with E-state index in [-0.39, 0.29) is 31.1 Å². The smallest absolute Gasteiger partial charge is 0.306 e. The van der Waals surface area contributed by atoms with Crippen molar-refractivity contribution < 1.29 is 28.6 Å². The fraction of sp³-hybridized carbons (Fsp3) is 0.894. The van der Waals surface area contributed by atoms with Gasteiger partial charge >= 0.3 is 17.9 Å². The van der Waals surface area contributed by atoms with E-state index in [1.807, 2.05) is 0 Å². The van der Waals surface area contributed by atoms with Gasteiger partial charge in [-0.25, -0.2) is 0 Å². The molecule has 0 aliphatic carbocycles. The van der Waals surface area contributed by atoms with Gasteiger partial charge in [-0.2, -0.15) is 0 Å². The predicted octanol–water partition coefficient (Wildman–Crippen LogP) is 14.6. The minimum atomic E-state index is -0.766. The highest BCUT2D eigenvalue weighted by Gasteiger charge is 2.19. The first-order valence-electron chi connectivity index (χ1n) is 23.2. The van der Waals surface area contributed by atoms with E-state index >= 15 is 0 Å². The summed E-state index contributed by atoms with van der Waals surface area (Å²) in [6.45, 7) is 6.61. The van der Waals surface area contributed by atoms with Gasteiger partial charge in [-0.05, 0) is 44.9 Å². The second-order valence-electron chi connectivity index (χ2n) is 15.7. The van der Waals surface area contributed by atoms with Crippen LogP contribution in [-0.4, -0.2) is 37.2 Å². The van der Waals surface area contributed by atoms with Crippen LogP contribution in [0.15, 0.2) is 12.2 Å². The fourth-order valence-electron chi connectivity index (χ4n) is 6.73. The maximum atomic E-state index is 12.7. The van der Waals surface area contributed by atoms with E-state index in [9.17, 15) is 14.4 Å². The third kappa shape index (κ3) is 41.2. The van der Waals surface area contributed by atoms with Crippen molar-refractivity contribution in [2.45, 2.75) is 258 Å². The summed E-state index contributed by atoms with van der Waals surface area (Å²) in [4.78, 5) is 37.7. The van der Waals surface area contributed by atoms with Crippen molar-refractivity contribution in [2.24, 2.45) is 0 Å². The minimum absolute atomic E-state index is 0.0705. The molecule has 6 heteroatoms. The second kappa shape index (κ2) is 42.9. The molecule has 0 aromatic rings. The molecule has 1 unspecified atom stereocenters. The lowest BCUT2D eigenvalue weighted by molar-refractivity contribution is -0.167. The molecule has 0 rings (SSSR count). The molecular formula is C47H88O6. The molecule has 1 atom stereocenters. The molecule has 0 heterocycles. The summed E-state index contributed by atoms with van der Waals surface area (Å²) in [5.41, 5.74) is 0. The normalized spacial score (nSPS) is 12.0. The molecule has 0 aliphatic heterocycles. The monoisotopic (exact) mass is 749 g/mol. The number of carbonyl (C=O) groups is 3. The van der Waals surface area contributed by atoms with Crippen LogP contribution in [-0.2, 0) is 28.6 Å². The van der Waals surface area contributed by atoms with Crippen LogP contribution in [0.3, 0.4) is 0 Å². The first-order chi connectivity index (χ1) is 26.0. The molecule has 0 bridgehead atoms. The molecular weight excluding hydrogens is 661 g/mol. The SMILES string of the molecule is CCCCCCCCC/C=C\CCCCCC(=O)OCC(COC(=O)CCCCCCCCCCC)OC(=O)CCCCCCCCCCCCCC. The highest BCUT2D eigenvalue weighted by Crippen LogP contribution is 2.15. The average Bonchev–Trinajstić information content (AvgIpc) is 3.15. The Kier molecular flexibility index (Phi) is 41.4. The van der Waals surface area contributed by atoms with Gasteiger partial charge in [0.25, 0.3) is 0 Å². The Morgan fingerprint density at radius 2 is 0.623 bits per heavy atom. The number of allylic oxidation sites excluding steroid dienone is 2. The number of ether oxygens (including phenoxy) is 3. The van der Waals surface area contributed by atoms with E-state index in [4.69, 9.17) is 14.2 Å². The Bertz CT molecular complexity index is 824.